The van der Waals surface area contributed by atoms with Crippen LogP contribution in [0.5, 0.6) is 0 Å². The SMILES string of the molecule is CN(C)c1cccc2c1Cc1c-2cccc1N(C)C. The Morgan fingerprint density at radius 3 is 1.47 bits per heavy atom. The number of anilines is 2. The summed E-state index contributed by atoms with van der Waals surface area (Å²) in [6, 6.07) is 13.2. The highest BCUT2D eigenvalue weighted by Gasteiger charge is 2.24. The van der Waals surface area contributed by atoms with E-state index in [0.717, 1.165) is 6.42 Å². The molecule has 1 aliphatic rings. The van der Waals surface area contributed by atoms with E-state index in [1.54, 1.807) is 0 Å². The van der Waals surface area contributed by atoms with Crippen molar-refractivity contribution >= 4 is 11.4 Å². The average molecular weight is 252 g/mol. The van der Waals surface area contributed by atoms with Gasteiger partial charge in [-0.1, -0.05) is 24.3 Å². The predicted molar refractivity (Wildman–Crippen MR) is 83.3 cm³/mol. The highest BCUT2D eigenvalue weighted by molar-refractivity contribution is 5.86. The zero-order valence-corrected chi connectivity index (χ0v) is 12.1. The minimum Gasteiger partial charge on any atom is -0.377 e. The van der Waals surface area contributed by atoms with Crippen LogP contribution in [0.4, 0.5) is 11.4 Å². The molecule has 0 fully saturated rings. The molecule has 2 heteroatoms. The first-order valence-corrected chi connectivity index (χ1v) is 6.68. The van der Waals surface area contributed by atoms with E-state index in [1.807, 2.05) is 0 Å². The molecular formula is C17H20N2. The molecule has 0 saturated carbocycles. The zero-order valence-electron chi connectivity index (χ0n) is 12.1. The van der Waals surface area contributed by atoms with Crippen LogP contribution in [0, 0.1) is 0 Å². The Morgan fingerprint density at radius 1 is 0.684 bits per heavy atom. The molecule has 0 unspecified atom stereocenters. The number of benzene rings is 2. The highest BCUT2D eigenvalue weighted by Crippen LogP contribution is 2.44. The van der Waals surface area contributed by atoms with Gasteiger partial charge in [-0.15, -0.1) is 0 Å². The van der Waals surface area contributed by atoms with E-state index >= 15 is 0 Å². The second kappa shape index (κ2) is 4.30. The lowest BCUT2D eigenvalue weighted by molar-refractivity contribution is 1.08. The first kappa shape index (κ1) is 12.1. The van der Waals surface area contributed by atoms with Crippen molar-refractivity contribution in [3.8, 4) is 11.1 Å². The Labute approximate surface area is 115 Å². The lowest BCUT2D eigenvalue weighted by atomic mass is 10.0. The summed E-state index contributed by atoms with van der Waals surface area (Å²) in [5.74, 6) is 0. The standard InChI is InChI=1S/C17H20N2/c1-18(2)16-9-5-7-12-13-8-6-10-17(19(3)4)15(13)11-14(12)16/h5-10H,11H2,1-4H3. The van der Waals surface area contributed by atoms with Crippen LogP contribution < -0.4 is 9.80 Å². The quantitative estimate of drug-likeness (QED) is 0.690. The van der Waals surface area contributed by atoms with Gasteiger partial charge in [-0.05, 0) is 34.4 Å². The summed E-state index contributed by atoms with van der Waals surface area (Å²) in [6.45, 7) is 0. The highest BCUT2D eigenvalue weighted by atomic mass is 15.1. The molecule has 98 valence electrons. The Bertz CT molecular complexity index is 572. The van der Waals surface area contributed by atoms with Crippen LogP contribution >= 0.6 is 0 Å². The first-order valence-electron chi connectivity index (χ1n) is 6.68. The summed E-state index contributed by atoms with van der Waals surface area (Å²) >= 11 is 0. The number of hydrogen-bond acceptors (Lipinski definition) is 2. The van der Waals surface area contributed by atoms with Crippen LogP contribution in [-0.4, -0.2) is 28.2 Å². The molecule has 0 atom stereocenters. The van der Waals surface area contributed by atoms with Gasteiger partial charge in [0, 0.05) is 46.0 Å². The van der Waals surface area contributed by atoms with Gasteiger partial charge >= 0.3 is 0 Å². The summed E-state index contributed by atoms with van der Waals surface area (Å²) in [4.78, 5) is 4.42. The Morgan fingerprint density at radius 2 is 1.11 bits per heavy atom. The monoisotopic (exact) mass is 252 g/mol. The van der Waals surface area contributed by atoms with Crippen molar-refractivity contribution in [1.29, 1.82) is 0 Å². The fourth-order valence-corrected chi connectivity index (χ4v) is 3.04. The molecule has 19 heavy (non-hydrogen) atoms. The van der Waals surface area contributed by atoms with Crippen LogP contribution in [0.15, 0.2) is 36.4 Å². The predicted octanol–water partition coefficient (Wildman–Crippen LogP) is 3.39. The van der Waals surface area contributed by atoms with Crippen LogP contribution in [0.3, 0.4) is 0 Å². The summed E-state index contributed by atoms with van der Waals surface area (Å²) in [5, 5.41) is 0. The summed E-state index contributed by atoms with van der Waals surface area (Å²) in [7, 11) is 8.47. The summed E-state index contributed by atoms with van der Waals surface area (Å²) in [6.07, 6.45) is 1.04. The molecule has 0 bridgehead atoms. The molecule has 0 radical (unpaired) electrons. The van der Waals surface area contributed by atoms with E-state index < -0.39 is 0 Å². The van der Waals surface area contributed by atoms with Gasteiger partial charge in [0.05, 0.1) is 0 Å². The van der Waals surface area contributed by atoms with Crippen LogP contribution in [0.2, 0.25) is 0 Å². The fraction of sp³-hybridized carbons (Fsp3) is 0.294. The molecule has 0 amide bonds. The molecule has 0 heterocycles. The maximum Gasteiger partial charge on any atom is 0.0403 e. The normalized spacial score (nSPS) is 12.0. The molecule has 1 aliphatic carbocycles. The molecule has 3 rings (SSSR count). The Kier molecular flexibility index (Phi) is 2.74. The number of nitrogens with zero attached hydrogens (tertiary/aromatic N) is 2. The lowest BCUT2D eigenvalue weighted by Crippen LogP contribution is -2.12. The number of fused-ring (bicyclic) bond motifs is 3. The molecular weight excluding hydrogens is 232 g/mol. The third-order valence-electron chi connectivity index (χ3n) is 3.91. The minimum atomic E-state index is 1.04. The van der Waals surface area contributed by atoms with Gasteiger partial charge in [-0.2, -0.15) is 0 Å². The van der Waals surface area contributed by atoms with Crippen molar-refractivity contribution in [2.75, 3.05) is 38.0 Å². The van der Waals surface area contributed by atoms with Crippen molar-refractivity contribution in [2.24, 2.45) is 0 Å². The van der Waals surface area contributed by atoms with E-state index in [4.69, 9.17) is 0 Å². The summed E-state index contributed by atoms with van der Waals surface area (Å²) in [5.41, 5.74) is 8.36. The number of hydrogen-bond donors (Lipinski definition) is 0. The Balaban J connectivity index is 2.21. The smallest absolute Gasteiger partial charge is 0.0403 e. The van der Waals surface area contributed by atoms with Crippen molar-refractivity contribution < 1.29 is 0 Å². The largest absolute Gasteiger partial charge is 0.377 e. The van der Waals surface area contributed by atoms with E-state index in [2.05, 4.69) is 74.4 Å². The lowest BCUT2D eigenvalue weighted by Gasteiger charge is -2.17. The van der Waals surface area contributed by atoms with Gasteiger partial charge < -0.3 is 9.80 Å². The van der Waals surface area contributed by atoms with Gasteiger partial charge in [0.15, 0.2) is 0 Å². The second-order valence-electron chi connectivity index (χ2n) is 5.57. The maximum absolute atomic E-state index is 2.24. The third-order valence-corrected chi connectivity index (χ3v) is 3.91. The van der Waals surface area contributed by atoms with E-state index in [0.29, 0.717) is 0 Å². The van der Waals surface area contributed by atoms with Crippen molar-refractivity contribution in [2.45, 2.75) is 6.42 Å². The minimum absolute atomic E-state index is 1.04. The van der Waals surface area contributed by atoms with Gasteiger partial charge in [-0.3, -0.25) is 0 Å². The molecule has 0 aromatic heterocycles. The third kappa shape index (κ3) is 1.79. The van der Waals surface area contributed by atoms with Gasteiger partial charge in [0.1, 0.15) is 0 Å². The molecule has 2 aromatic rings. The van der Waals surface area contributed by atoms with Gasteiger partial charge in [0.2, 0.25) is 0 Å². The molecule has 0 spiro atoms. The number of rotatable bonds is 2. The van der Waals surface area contributed by atoms with Crippen molar-refractivity contribution in [3.63, 3.8) is 0 Å². The van der Waals surface area contributed by atoms with Crippen LogP contribution in [0.25, 0.3) is 11.1 Å². The van der Waals surface area contributed by atoms with Crippen LogP contribution in [-0.2, 0) is 6.42 Å². The zero-order chi connectivity index (χ0) is 13.6. The molecule has 0 aliphatic heterocycles. The van der Waals surface area contributed by atoms with Crippen molar-refractivity contribution in [3.05, 3.63) is 47.5 Å². The average Bonchev–Trinajstić information content (AvgIpc) is 2.76. The topological polar surface area (TPSA) is 6.48 Å². The van der Waals surface area contributed by atoms with E-state index in [9.17, 15) is 0 Å². The molecule has 0 saturated heterocycles. The molecule has 0 N–H and O–H groups in total. The maximum atomic E-state index is 2.24. The Hall–Kier alpha value is -1.96. The van der Waals surface area contributed by atoms with Gasteiger partial charge in [-0.25, -0.2) is 0 Å². The summed E-state index contributed by atoms with van der Waals surface area (Å²) < 4.78 is 0. The molecule has 2 nitrogen and oxygen atoms in total. The van der Waals surface area contributed by atoms with Crippen molar-refractivity contribution in [1.82, 2.24) is 0 Å². The van der Waals surface area contributed by atoms with Gasteiger partial charge in [0.25, 0.3) is 0 Å². The molecule has 2 aromatic carbocycles. The van der Waals surface area contributed by atoms with E-state index in [1.165, 1.54) is 33.6 Å². The van der Waals surface area contributed by atoms with E-state index in [-0.39, 0.29) is 0 Å². The second-order valence-corrected chi connectivity index (χ2v) is 5.57. The first-order chi connectivity index (χ1) is 9.09. The van der Waals surface area contributed by atoms with Crippen LogP contribution in [0.1, 0.15) is 11.1 Å². The fourth-order valence-electron chi connectivity index (χ4n) is 3.04.